The molecule has 222 valence electrons. The van der Waals surface area contributed by atoms with E-state index in [0.717, 1.165) is 48.8 Å². The van der Waals surface area contributed by atoms with Crippen molar-refractivity contribution in [1.82, 2.24) is 24.6 Å². The quantitative estimate of drug-likeness (QED) is 0.265. The highest BCUT2D eigenvalue weighted by molar-refractivity contribution is 6.02. The van der Waals surface area contributed by atoms with Gasteiger partial charge in [0.2, 0.25) is 11.9 Å². The normalized spacial score (nSPS) is 15.1. The first-order valence-electron chi connectivity index (χ1n) is 13.8. The molecule has 43 heavy (non-hydrogen) atoms. The van der Waals surface area contributed by atoms with Crippen LogP contribution in [-0.4, -0.2) is 78.1 Å². The van der Waals surface area contributed by atoms with E-state index < -0.39 is 0 Å². The molecular weight excluding hydrogens is 551 g/mol. The predicted molar refractivity (Wildman–Crippen MR) is 163 cm³/mol. The van der Waals surface area contributed by atoms with Gasteiger partial charge in [-0.25, -0.2) is 14.1 Å². The minimum atomic E-state index is -0.318. The van der Waals surface area contributed by atoms with Gasteiger partial charge < -0.3 is 29.9 Å². The van der Waals surface area contributed by atoms with Gasteiger partial charge in [-0.3, -0.25) is 4.79 Å². The van der Waals surface area contributed by atoms with Gasteiger partial charge in [0.1, 0.15) is 11.6 Å². The van der Waals surface area contributed by atoms with Crippen molar-refractivity contribution in [3.05, 3.63) is 78.9 Å². The summed E-state index contributed by atoms with van der Waals surface area (Å²) in [5.41, 5.74) is 4.74. The Morgan fingerprint density at radius 3 is 2.60 bits per heavy atom. The molecule has 2 fully saturated rings. The van der Waals surface area contributed by atoms with Crippen molar-refractivity contribution < 1.29 is 18.7 Å². The van der Waals surface area contributed by atoms with Crippen molar-refractivity contribution in [3.63, 3.8) is 0 Å². The van der Waals surface area contributed by atoms with E-state index in [-0.39, 0.29) is 17.1 Å². The lowest BCUT2D eigenvalue weighted by atomic mass is 9.77. The molecule has 4 aromatic rings. The molecule has 0 radical (unpaired) electrons. The van der Waals surface area contributed by atoms with Crippen LogP contribution in [-0.2, 0) is 16.1 Å². The SMILES string of the molecule is C=CC(=O)Nc1cc(Nc2nccc(-n3cc(CN(C)C)c(-c4ccc(F)cc4)n3)n2)c(OC)cc1N1CC2(COC2)C1. The molecule has 12 heteroatoms. The van der Waals surface area contributed by atoms with E-state index in [2.05, 4.69) is 27.1 Å². The predicted octanol–water partition coefficient (Wildman–Crippen LogP) is 4.24. The minimum absolute atomic E-state index is 0.188. The first kappa shape index (κ1) is 28.3. The first-order chi connectivity index (χ1) is 20.8. The number of anilines is 4. The van der Waals surface area contributed by atoms with Gasteiger partial charge in [-0.05, 0) is 50.5 Å². The van der Waals surface area contributed by atoms with Crippen LogP contribution in [0.5, 0.6) is 5.75 Å². The number of hydrogen-bond donors (Lipinski definition) is 2. The topological polar surface area (TPSA) is 110 Å². The van der Waals surface area contributed by atoms with Gasteiger partial charge in [0.15, 0.2) is 5.82 Å². The summed E-state index contributed by atoms with van der Waals surface area (Å²) in [4.78, 5) is 25.7. The van der Waals surface area contributed by atoms with E-state index in [4.69, 9.17) is 19.6 Å². The molecule has 1 spiro atoms. The Labute approximate surface area is 249 Å². The summed E-state index contributed by atoms with van der Waals surface area (Å²) >= 11 is 0. The zero-order chi connectivity index (χ0) is 30.1. The molecular formula is C31H33FN8O3. The Morgan fingerprint density at radius 2 is 1.95 bits per heavy atom. The molecule has 2 aliphatic heterocycles. The number of methoxy groups -OCH3 is 1. The molecule has 0 unspecified atom stereocenters. The summed E-state index contributed by atoms with van der Waals surface area (Å²) < 4.78 is 26.4. The fourth-order valence-electron chi connectivity index (χ4n) is 5.38. The highest BCUT2D eigenvalue weighted by Gasteiger charge is 2.49. The molecule has 6 rings (SSSR count). The number of nitrogens with one attached hydrogen (secondary N) is 2. The number of rotatable bonds is 10. The number of benzene rings is 2. The van der Waals surface area contributed by atoms with Gasteiger partial charge in [-0.15, -0.1) is 0 Å². The van der Waals surface area contributed by atoms with E-state index in [0.29, 0.717) is 35.4 Å². The van der Waals surface area contributed by atoms with Gasteiger partial charge in [0.25, 0.3) is 0 Å². The summed E-state index contributed by atoms with van der Waals surface area (Å²) in [6.07, 6.45) is 4.78. The molecule has 0 aliphatic carbocycles. The largest absolute Gasteiger partial charge is 0.494 e. The van der Waals surface area contributed by atoms with Crippen LogP contribution >= 0.6 is 0 Å². The van der Waals surface area contributed by atoms with Crippen LogP contribution in [0.2, 0.25) is 0 Å². The maximum atomic E-state index is 13.6. The molecule has 2 aromatic heterocycles. The highest BCUT2D eigenvalue weighted by atomic mass is 19.1. The lowest BCUT2D eigenvalue weighted by Crippen LogP contribution is -2.66. The molecule has 2 aliphatic rings. The summed E-state index contributed by atoms with van der Waals surface area (Å²) in [6.45, 7) is 7.40. The summed E-state index contributed by atoms with van der Waals surface area (Å²) in [5.74, 6) is 0.794. The number of amides is 1. The standard InChI is InChI=1S/C31H33FN8O3/c1-5-28(41)34-23-12-24(26(42-4)13-25(23)39-16-31(17-39)18-43-19-31)35-30-33-11-10-27(36-30)40-15-21(14-38(2)3)29(37-40)20-6-8-22(32)9-7-20/h5-13,15H,1,14,16-19H2,2-4H3,(H,34,41)(H,33,35,36). The van der Waals surface area contributed by atoms with Crippen molar-refractivity contribution in [3.8, 4) is 22.8 Å². The van der Waals surface area contributed by atoms with Crippen molar-refractivity contribution in [2.24, 2.45) is 5.41 Å². The summed E-state index contributed by atoms with van der Waals surface area (Å²) in [7, 11) is 5.54. The van der Waals surface area contributed by atoms with Gasteiger partial charge >= 0.3 is 0 Å². The van der Waals surface area contributed by atoms with Crippen LogP contribution in [0.25, 0.3) is 17.1 Å². The zero-order valence-corrected chi connectivity index (χ0v) is 24.3. The van der Waals surface area contributed by atoms with E-state index in [1.54, 1.807) is 36.2 Å². The second-order valence-corrected chi connectivity index (χ2v) is 11.2. The van der Waals surface area contributed by atoms with Gasteiger partial charge in [-0.2, -0.15) is 10.1 Å². The third-order valence-electron chi connectivity index (χ3n) is 7.49. The number of carbonyl (C=O) groups excluding carboxylic acids is 1. The maximum Gasteiger partial charge on any atom is 0.247 e. The third kappa shape index (κ3) is 5.79. The van der Waals surface area contributed by atoms with E-state index in [1.165, 1.54) is 18.2 Å². The molecule has 2 aromatic carbocycles. The number of ether oxygens (including phenoxy) is 2. The third-order valence-corrected chi connectivity index (χ3v) is 7.49. The van der Waals surface area contributed by atoms with Crippen LogP contribution in [0.1, 0.15) is 5.56 Å². The Kier molecular flexibility index (Phi) is 7.55. The minimum Gasteiger partial charge on any atom is -0.494 e. The van der Waals surface area contributed by atoms with Gasteiger partial charge in [0.05, 0.1) is 48.5 Å². The zero-order valence-electron chi connectivity index (χ0n) is 24.3. The van der Waals surface area contributed by atoms with Crippen LogP contribution in [0.15, 0.2) is 67.5 Å². The maximum absolute atomic E-state index is 13.6. The second kappa shape index (κ2) is 11.5. The average molecular weight is 585 g/mol. The van der Waals surface area contributed by atoms with E-state index in [1.807, 2.05) is 37.3 Å². The van der Waals surface area contributed by atoms with Crippen molar-refractivity contribution in [2.45, 2.75) is 6.54 Å². The molecule has 2 saturated heterocycles. The molecule has 4 heterocycles. The first-order valence-corrected chi connectivity index (χ1v) is 13.8. The lowest BCUT2D eigenvalue weighted by molar-refractivity contribution is -0.127. The highest BCUT2D eigenvalue weighted by Crippen LogP contribution is 2.45. The number of nitrogens with zero attached hydrogens (tertiary/aromatic N) is 6. The molecule has 0 bridgehead atoms. The monoisotopic (exact) mass is 584 g/mol. The number of halogens is 1. The molecule has 0 atom stereocenters. The molecule has 0 saturated carbocycles. The van der Waals surface area contributed by atoms with Crippen molar-refractivity contribution in [1.29, 1.82) is 0 Å². The Morgan fingerprint density at radius 1 is 1.19 bits per heavy atom. The Balaban J connectivity index is 1.31. The number of carbonyl (C=O) groups is 1. The fraction of sp³-hybridized carbons (Fsp3) is 0.290. The van der Waals surface area contributed by atoms with E-state index >= 15 is 0 Å². The second-order valence-electron chi connectivity index (χ2n) is 11.2. The lowest BCUT2D eigenvalue weighted by Gasteiger charge is -2.56. The van der Waals surface area contributed by atoms with Crippen LogP contribution < -0.4 is 20.3 Å². The Bertz CT molecular complexity index is 1660. The van der Waals surface area contributed by atoms with Crippen molar-refractivity contribution >= 4 is 28.9 Å². The average Bonchev–Trinajstić information content (AvgIpc) is 3.36. The van der Waals surface area contributed by atoms with Crippen LogP contribution in [0.4, 0.5) is 27.4 Å². The van der Waals surface area contributed by atoms with Gasteiger partial charge in [-0.1, -0.05) is 6.58 Å². The molecule has 2 N–H and O–H groups in total. The molecule has 1 amide bonds. The van der Waals surface area contributed by atoms with Crippen LogP contribution in [0.3, 0.4) is 0 Å². The van der Waals surface area contributed by atoms with Gasteiger partial charge in [0, 0.05) is 55.3 Å². The fourth-order valence-corrected chi connectivity index (χ4v) is 5.38. The number of aromatic nitrogens is 4. The number of hydrogen-bond acceptors (Lipinski definition) is 9. The molecule has 11 nitrogen and oxygen atoms in total. The summed E-state index contributed by atoms with van der Waals surface area (Å²) in [5, 5.41) is 11.0. The van der Waals surface area contributed by atoms with Crippen molar-refractivity contribution in [2.75, 3.05) is 63.0 Å². The summed E-state index contributed by atoms with van der Waals surface area (Å²) in [6, 6.07) is 11.7. The smallest absolute Gasteiger partial charge is 0.247 e. The van der Waals surface area contributed by atoms with E-state index in [9.17, 15) is 9.18 Å². The Hall–Kier alpha value is -4.81. The van der Waals surface area contributed by atoms with Crippen LogP contribution in [0, 0.1) is 11.2 Å².